The van der Waals surface area contributed by atoms with Crippen molar-refractivity contribution in [2.75, 3.05) is 26.7 Å². The van der Waals surface area contributed by atoms with Crippen LogP contribution in [0.4, 0.5) is 4.79 Å². The summed E-state index contributed by atoms with van der Waals surface area (Å²) in [6, 6.07) is 10.3. The van der Waals surface area contributed by atoms with E-state index in [2.05, 4.69) is 45.1 Å². The number of nitrogens with one attached hydrogen (secondary N) is 3. The molecule has 1 saturated heterocycles. The minimum Gasteiger partial charge on any atom is -0.359 e. The fraction of sp³-hybridized carbons (Fsp3) is 0.579. The molecule has 1 unspecified atom stereocenters. The highest BCUT2D eigenvalue weighted by atomic mass is 16.2. The largest absolute Gasteiger partial charge is 0.359 e. The lowest BCUT2D eigenvalue weighted by molar-refractivity contribution is -0.128. The molecule has 3 amide bonds. The Kier molecular flexibility index (Phi) is 6.82. The van der Waals surface area contributed by atoms with E-state index in [0.717, 1.165) is 32.5 Å². The molecule has 0 spiro atoms. The van der Waals surface area contributed by atoms with Crippen molar-refractivity contribution in [3.8, 4) is 0 Å². The van der Waals surface area contributed by atoms with Gasteiger partial charge in [-0.2, -0.15) is 0 Å². The molecule has 6 nitrogen and oxygen atoms in total. The average Bonchev–Trinajstić information content (AvgIpc) is 2.60. The predicted molar refractivity (Wildman–Crippen MR) is 99.1 cm³/mol. The molecule has 0 radical (unpaired) electrons. The van der Waals surface area contributed by atoms with Crippen molar-refractivity contribution in [3.63, 3.8) is 0 Å². The van der Waals surface area contributed by atoms with E-state index in [4.69, 9.17) is 0 Å². The Labute approximate surface area is 150 Å². The van der Waals surface area contributed by atoms with Crippen LogP contribution in [0.5, 0.6) is 0 Å². The first kappa shape index (κ1) is 19.2. The highest BCUT2D eigenvalue weighted by molar-refractivity contribution is 5.83. The highest BCUT2D eigenvalue weighted by Gasteiger charge is 2.28. The Morgan fingerprint density at radius 3 is 2.64 bits per heavy atom. The molecule has 1 aromatic rings. The van der Waals surface area contributed by atoms with Gasteiger partial charge in [-0.3, -0.25) is 9.69 Å². The fourth-order valence-corrected chi connectivity index (χ4v) is 3.11. The van der Waals surface area contributed by atoms with Gasteiger partial charge >= 0.3 is 6.03 Å². The van der Waals surface area contributed by atoms with Crippen LogP contribution >= 0.6 is 0 Å². The molecule has 0 aromatic heterocycles. The molecule has 138 valence electrons. The minimum absolute atomic E-state index is 0.0838. The second-order valence-corrected chi connectivity index (χ2v) is 7.35. The number of carbonyl (C=O) groups excluding carboxylic acids is 2. The van der Waals surface area contributed by atoms with E-state index in [1.807, 2.05) is 19.9 Å². The first-order chi connectivity index (χ1) is 11.9. The van der Waals surface area contributed by atoms with Crippen molar-refractivity contribution >= 4 is 11.9 Å². The quantitative estimate of drug-likeness (QED) is 0.734. The number of urea groups is 1. The van der Waals surface area contributed by atoms with Crippen LogP contribution in [0.25, 0.3) is 0 Å². The van der Waals surface area contributed by atoms with Gasteiger partial charge in [-0.1, -0.05) is 30.3 Å². The molecule has 1 aromatic carbocycles. The number of rotatable bonds is 6. The van der Waals surface area contributed by atoms with Gasteiger partial charge in [-0.05, 0) is 38.8 Å². The maximum Gasteiger partial charge on any atom is 0.315 e. The smallest absolute Gasteiger partial charge is 0.315 e. The van der Waals surface area contributed by atoms with Gasteiger partial charge in [0.1, 0.15) is 0 Å². The number of hydrogen-bond acceptors (Lipinski definition) is 3. The van der Waals surface area contributed by atoms with E-state index in [9.17, 15) is 9.59 Å². The highest BCUT2D eigenvalue weighted by Crippen LogP contribution is 2.15. The van der Waals surface area contributed by atoms with Crippen LogP contribution < -0.4 is 16.0 Å². The maximum absolute atomic E-state index is 12.2. The minimum atomic E-state index is -0.627. The van der Waals surface area contributed by atoms with Crippen LogP contribution in [0.1, 0.15) is 32.3 Å². The van der Waals surface area contributed by atoms with Crippen LogP contribution in [0.2, 0.25) is 0 Å². The van der Waals surface area contributed by atoms with Gasteiger partial charge < -0.3 is 16.0 Å². The first-order valence-corrected chi connectivity index (χ1v) is 8.93. The van der Waals surface area contributed by atoms with Gasteiger partial charge in [-0.15, -0.1) is 0 Å². The molecular formula is C19H30N4O2. The summed E-state index contributed by atoms with van der Waals surface area (Å²) in [5.74, 6) is -0.0838. The number of benzene rings is 1. The third kappa shape index (κ3) is 6.05. The molecule has 1 aliphatic rings. The molecule has 2 rings (SSSR count). The topological polar surface area (TPSA) is 73.5 Å². The second kappa shape index (κ2) is 8.85. The summed E-state index contributed by atoms with van der Waals surface area (Å²) < 4.78 is 0. The molecule has 0 aliphatic carbocycles. The standard InChI is InChI=1S/C19H30N4O2/c1-19(2,17(24)20-3)14-21-18(25)22-16-10-7-11-23(13-16)12-15-8-5-4-6-9-15/h4-6,8-9,16H,7,10-14H2,1-3H3,(H,20,24)(H2,21,22,25). The Balaban J connectivity index is 1.77. The van der Waals surface area contributed by atoms with Crippen LogP contribution in [0, 0.1) is 5.41 Å². The molecule has 1 aliphatic heterocycles. The Morgan fingerprint density at radius 1 is 1.24 bits per heavy atom. The molecule has 1 heterocycles. The van der Waals surface area contributed by atoms with E-state index < -0.39 is 5.41 Å². The summed E-state index contributed by atoms with van der Waals surface area (Å²) in [6.07, 6.45) is 2.05. The van der Waals surface area contributed by atoms with Crippen molar-refractivity contribution in [2.24, 2.45) is 5.41 Å². The second-order valence-electron chi connectivity index (χ2n) is 7.35. The zero-order valence-corrected chi connectivity index (χ0v) is 15.5. The molecule has 0 bridgehead atoms. The molecule has 1 fully saturated rings. The van der Waals surface area contributed by atoms with Crippen molar-refractivity contribution in [1.82, 2.24) is 20.9 Å². The van der Waals surface area contributed by atoms with Gasteiger partial charge in [0.2, 0.25) is 5.91 Å². The van der Waals surface area contributed by atoms with Gasteiger partial charge in [0.25, 0.3) is 0 Å². The summed E-state index contributed by atoms with van der Waals surface area (Å²) in [4.78, 5) is 26.3. The SMILES string of the molecule is CNC(=O)C(C)(C)CNC(=O)NC1CCCN(Cc2ccccc2)C1. The maximum atomic E-state index is 12.2. The van der Waals surface area contributed by atoms with E-state index >= 15 is 0 Å². The van der Waals surface area contributed by atoms with Gasteiger partial charge in [-0.25, -0.2) is 4.79 Å². The molecule has 25 heavy (non-hydrogen) atoms. The van der Waals surface area contributed by atoms with Gasteiger partial charge in [0.05, 0.1) is 5.41 Å². The van der Waals surface area contributed by atoms with Crippen molar-refractivity contribution in [3.05, 3.63) is 35.9 Å². The zero-order chi connectivity index (χ0) is 18.3. The Bertz CT molecular complexity index is 574. The summed E-state index contributed by atoms with van der Waals surface area (Å²) in [6.45, 7) is 6.74. The van der Waals surface area contributed by atoms with E-state index in [1.165, 1.54) is 5.56 Å². The van der Waals surface area contributed by atoms with Crippen LogP contribution in [0.15, 0.2) is 30.3 Å². The average molecular weight is 346 g/mol. The molecular weight excluding hydrogens is 316 g/mol. The van der Waals surface area contributed by atoms with Gasteiger partial charge in [0.15, 0.2) is 0 Å². The monoisotopic (exact) mass is 346 g/mol. The lowest BCUT2D eigenvalue weighted by Gasteiger charge is -2.33. The number of hydrogen-bond donors (Lipinski definition) is 3. The first-order valence-electron chi connectivity index (χ1n) is 8.93. The van der Waals surface area contributed by atoms with E-state index in [-0.39, 0.29) is 18.0 Å². The lowest BCUT2D eigenvalue weighted by Crippen LogP contribution is -2.52. The predicted octanol–water partition coefficient (Wildman–Crippen LogP) is 1.72. The third-order valence-corrected chi connectivity index (χ3v) is 4.62. The summed E-state index contributed by atoms with van der Waals surface area (Å²) >= 11 is 0. The zero-order valence-electron chi connectivity index (χ0n) is 15.5. The van der Waals surface area contributed by atoms with Crippen molar-refractivity contribution in [2.45, 2.75) is 39.3 Å². The van der Waals surface area contributed by atoms with Crippen LogP contribution in [-0.4, -0.2) is 49.6 Å². The summed E-state index contributed by atoms with van der Waals surface area (Å²) in [5.41, 5.74) is 0.665. The van der Waals surface area contributed by atoms with Crippen molar-refractivity contribution in [1.29, 1.82) is 0 Å². The van der Waals surface area contributed by atoms with Gasteiger partial charge in [0, 0.05) is 32.7 Å². The van der Waals surface area contributed by atoms with E-state index in [1.54, 1.807) is 7.05 Å². The Morgan fingerprint density at radius 2 is 1.96 bits per heavy atom. The van der Waals surface area contributed by atoms with E-state index in [0.29, 0.717) is 6.54 Å². The molecule has 1 atom stereocenters. The fourth-order valence-electron chi connectivity index (χ4n) is 3.11. The molecule has 6 heteroatoms. The lowest BCUT2D eigenvalue weighted by atomic mass is 9.92. The normalized spacial score (nSPS) is 18.4. The van der Waals surface area contributed by atoms with Crippen LogP contribution in [-0.2, 0) is 11.3 Å². The Hall–Kier alpha value is -2.08. The summed E-state index contributed by atoms with van der Waals surface area (Å²) in [7, 11) is 1.60. The number of carbonyl (C=O) groups is 2. The number of piperidine rings is 1. The number of amides is 3. The molecule has 3 N–H and O–H groups in total. The summed E-state index contributed by atoms with van der Waals surface area (Å²) in [5, 5.41) is 8.48. The molecule has 0 saturated carbocycles. The number of nitrogens with zero attached hydrogens (tertiary/aromatic N) is 1. The van der Waals surface area contributed by atoms with Crippen LogP contribution in [0.3, 0.4) is 0 Å². The third-order valence-electron chi connectivity index (χ3n) is 4.62. The number of likely N-dealkylation sites (tertiary alicyclic amines) is 1. The van der Waals surface area contributed by atoms with Crippen molar-refractivity contribution < 1.29 is 9.59 Å².